The molecule has 5 nitrogen and oxygen atoms in total. The Balaban J connectivity index is 2.08. The lowest BCUT2D eigenvalue weighted by Gasteiger charge is -2.30. The number of amides is 2. The number of rotatable bonds is 1. The Morgan fingerprint density at radius 3 is 2.64 bits per heavy atom. The molecule has 1 atom stereocenters. The summed E-state index contributed by atoms with van der Waals surface area (Å²) >= 11 is 0. The Labute approximate surface area is 82.9 Å². The molecule has 0 aromatic rings. The zero-order valence-corrected chi connectivity index (χ0v) is 8.25. The largest absolute Gasteiger partial charge is 0.381 e. The molecule has 0 bridgehead atoms. The second-order valence-electron chi connectivity index (χ2n) is 3.85. The van der Waals surface area contributed by atoms with E-state index in [1.165, 1.54) is 0 Å². The van der Waals surface area contributed by atoms with E-state index in [2.05, 4.69) is 5.32 Å². The quantitative estimate of drug-likeness (QED) is 0.639. The van der Waals surface area contributed by atoms with Crippen molar-refractivity contribution < 1.29 is 9.53 Å². The lowest BCUT2D eigenvalue weighted by Crippen LogP contribution is -2.40. The van der Waals surface area contributed by atoms with Crippen molar-refractivity contribution in [2.45, 2.75) is 18.9 Å². The van der Waals surface area contributed by atoms with Gasteiger partial charge in [-0.2, -0.15) is 0 Å². The number of nitrogens with zero attached hydrogens (tertiary/aromatic N) is 1. The highest BCUT2D eigenvalue weighted by atomic mass is 16.5. The predicted molar refractivity (Wildman–Crippen MR) is 51.4 cm³/mol. The standard InChI is InChI=1S/C9H15N3O2/c1-12-7(8(10)11-9(12)13)6-2-4-14-5-3-6/h6-7H,2-5H2,1H3,(H2,10,11,13). The molecule has 78 valence electrons. The van der Waals surface area contributed by atoms with E-state index in [0.717, 1.165) is 26.1 Å². The van der Waals surface area contributed by atoms with Crippen LogP contribution in [0.4, 0.5) is 4.79 Å². The first-order valence-corrected chi connectivity index (χ1v) is 4.90. The number of hydrogen-bond acceptors (Lipinski definition) is 3. The number of amidine groups is 1. The molecule has 0 aromatic carbocycles. The minimum Gasteiger partial charge on any atom is -0.381 e. The molecule has 2 N–H and O–H groups in total. The van der Waals surface area contributed by atoms with Gasteiger partial charge in [0.1, 0.15) is 5.84 Å². The van der Waals surface area contributed by atoms with Crippen molar-refractivity contribution in [2.24, 2.45) is 5.92 Å². The molecule has 0 aliphatic carbocycles. The van der Waals surface area contributed by atoms with Crippen LogP contribution in [0.25, 0.3) is 0 Å². The predicted octanol–water partition coefficient (Wildman–Crippen LogP) is 0.414. The van der Waals surface area contributed by atoms with Gasteiger partial charge in [0.25, 0.3) is 0 Å². The van der Waals surface area contributed by atoms with Gasteiger partial charge in [0.2, 0.25) is 0 Å². The van der Waals surface area contributed by atoms with Crippen LogP contribution in [0.15, 0.2) is 0 Å². The van der Waals surface area contributed by atoms with Crippen molar-refractivity contribution in [3.63, 3.8) is 0 Å². The number of nitrogens with one attached hydrogen (secondary N) is 2. The van der Waals surface area contributed by atoms with Gasteiger partial charge >= 0.3 is 6.03 Å². The van der Waals surface area contributed by atoms with Gasteiger partial charge in [-0.25, -0.2) is 4.79 Å². The molecule has 2 aliphatic rings. The summed E-state index contributed by atoms with van der Waals surface area (Å²) in [5.41, 5.74) is 0. The van der Waals surface area contributed by atoms with E-state index in [1.807, 2.05) is 0 Å². The van der Waals surface area contributed by atoms with E-state index < -0.39 is 0 Å². The van der Waals surface area contributed by atoms with Crippen LogP contribution in [-0.4, -0.2) is 43.1 Å². The first kappa shape index (κ1) is 9.45. The van der Waals surface area contributed by atoms with Crippen molar-refractivity contribution in [1.29, 1.82) is 5.41 Å². The lowest BCUT2D eigenvalue weighted by atomic mass is 9.91. The number of ether oxygens (including phenoxy) is 1. The number of carbonyl (C=O) groups is 1. The molecule has 0 spiro atoms. The van der Waals surface area contributed by atoms with Gasteiger partial charge in [0, 0.05) is 20.3 Å². The van der Waals surface area contributed by atoms with Crippen LogP contribution in [0, 0.1) is 11.3 Å². The summed E-state index contributed by atoms with van der Waals surface area (Å²) in [7, 11) is 1.75. The maximum atomic E-state index is 11.3. The molecule has 0 aromatic heterocycles. The molecule has 0 radical (unpaired) electrons. The van der Waals surface area contributed by atoms with E-state index in [9.17, 15) is 4.79 Å². The second-order valence-corrected chi connectivity index (χ2v) is 3.85. The molecule has 2 amide bonds. The summed E-state index contributed by atoms with van der Waals surface area (Å²) in [5, 5.41) is 10.2. The number of urea groups is 1. The first-order chi connectivity index (χ1) is 6.70. The van der Waals surface area contributed by atoms with Crippen LogP contribution in [0.3, 0.4) is 0 Å². The molecule has 2 fully saturated rings. The topological polar surface area (TPSA) is 65.4 Å². The van der Waals surface area contributed by atoms with Crippen molar-refractivity contribution in [3.05, 3.63) is 0 Å². The van der Waals surface area contributed by atoms with Gasteiger partial charge in [-0.3, -0.25) is 10.7 Å². The third-order valence-electron chi connectivity index (χ3n) is 2.99. The van der Waals surface area contributed by atoms with Crippen LogP contribution in [0.5, 0.6) is 0 Å². The molecule has 2 rings (SSSR count). The number of hydrogen-bond donors (Lipinski definition) is 2. The maximum Gasteiger partial charge on any atom is 0.323 e. The molecule has 5 heteroatoms. The van der Waals surface area contributed by atoms with Crippen molar-refractivity contribution in [3.8, 4) is 0 Å². The van der Waals surface area contributed by atoms with Crippen LogP contribution in [0.2, 0.25) is 0 Å². The maximum absolute atomic E-state index is 11.3. The van der Waals surface area contributed by atoms with Gasteiger partial charge in [-0.1, -0.05) is 0 Å². The molecule has 2 aliphatic heterocycles. The molecule has 2 heterocycles. The van der Waals surface area contributed by atoms with E-state index in [1.54, 1.807) is 11.9 Å². The fourth-order valence-electron chi connectivity index (χ4n) is 2.18. The van der Waals surface area contributed by atoms with Gasteiger partial charge in [0.15, 0.2) is 0 Å². The fourth-order valence-corrected chi connectivity index (χ4v) is 2.18. The van der Waals surface area contributed by atoms with Crippen LogP contribution < -0.4 is 5.32 Å². The lowest BCUT2D eigenvalue weighted by molar-refractivity contribution is 0.0527. The summed E-state index contributed by atoms with van der Waals surface area (Å²) in [6.07, 6.45) is 1.87. The zero-order valence-electron chi connectivity index (χ0n) is 8.25. The second kappa shape index (κ2) is 3.57. The summed E-state index contributed by atoms with van der Waals surface area (Å²) in [5.74, 6) is 0.713. The molecule has 14 heavy (non-hydrogen) atoms. The third-order valence-corrected chi connectivity index (χ3v) is 2.99. The van der Waals surface area contributed by atoms with Gasteiger partial charge in [0.05, 0.1) is 6.04 Å². The van der Waals surface area contributed by atoms with Crippen LogP contribution in [0.1, 0.15) is 12.8 Å². The van der Waals surface area contributed by atoms with Crippen LogP contribution in [-0.2, 0) is 4.74 Å². The molecular formula is C9H15N3O2. The van der Waals surface area contributed by atoms with Gasteiger partial charge < -0.3 is 9.64 Å². The summed E-state index contributed by atoms with van der Waals surface area (Å²) < 4.78 is 5.26. The summed E-state index contributed by atoms with van der Waals surface area (Å²) in [4.78, 5) is 12.9. The number of likely N-dealkylation sites (N-methyl/N-ethyl adjacent to an activating group) is 1. The Kier molecular flexibility index (Phi) is 2.41. The van der Waals surface area contributed by atoms with Crippen molar-refractivity contribution in [1.82, 2.24) is 10.2 Å². The van der Waals surface area contributed by atoms with Crippen molar-refractivity contribution >= 4 is 11.9 Å². The van der Waals surface area contributed by atoms with Gasteiger partial charge in [-0.15, -0.1) is 0 Å². The molecule has 1 unspecified atom stereocenters. The zero-order chi connectivity index (χ0) is 10.1. The highest BCUT2D eigenvalue weighted by Crippen LogP contribution is 2.24. The minimum atomic E-state index is -0.161. The monoisotopic (exact) mass is 197 g/mol. The normalized spacial score (nSPS) is 29.5. The average molecular weight is 197 g/mol. The molecule has 2 saturated heterocycles. The summed E-state index contributed by atoms with van der Waals surface area (Å²) in [6.45, 7) is 1.49. The van der Waals surface area contributed by atoms with E-state index in [-0.39, 0.29) is 12.1 Å². The summed E-state index contributed by atoms with van der Waals surface area (Å²) in [6, 6.07) is -0.224. The van der Waals surface area contributed by atoms with Crippen molar-refractivity contribution in [2.75, 3.05) is 20.3 Å². The Bertz CT molecular complexity index is 261. The first-order valence-electron chi connectivity index (χ1n) is 4.90. The fraction of sp³-hybridized carbons (Fsp3) is 0.778. The Morgan fingerprint density at radius 2 is 2.14 bits per heavy atom. The molecular weight excluding hydrogens is 182 g/mol. The van der Waals surface area contributed by atoms with E-state index >= 15 is 0 Å². The minimum absolute atomic E-state index is 0.0635. The third kappa shape index (κ3) is 1.48. The van der Waals surface area contributed by atoms with Crippen LogP contribution >= 0.6 is 0 Å². The smallest absolute Gasteiger partial charge is 0.323 e. The highest BCUT2D eigenvalue weighted by Gasteiger charge is 2.38. The highest BCUT2D eigenvalue weighted by molar-refractivity contribution is 6.05. The van der Waals surface area contributed by atoms with Gasteiger partial charge in [-0.05, 0) is 18.8 Å². The Morgan fingerprint density at radius 1 is 1.50 bits per heavy atom. The van der Waals surface area contributed by atoms with E-state index in [4.69, 9.17) is 10.1 Å². The SMILES string of the molecule is CN1C(=O)NC(=N)C1C1CCOCC1. The number of carbonyl (C=O) groups excluding carboxylic acids is 1. The van der Waals surface area contributed by atoms with E-state index in [0.29, 0.717) is 11.8 Å². The average Bonchev–Trinajstić information content (AvgIpc) is 2.43. The molecule has 0 saturated carbocycles. The Hall–Kier alpha value is -1.10.